The Morgan fingerprint density at radius 2 is 1.92 bits per heavy atom. The van der Waals surface area contributed by atoms with E-state index in [2.05, 4.69) is 25.8 Å². The zero-order valence-electron chi connectivity index (χ0n) is 15.9. The highest BCUT2D eigenvalue weighted by Gasteiger charge is 2.40. The summed E-state index contributed by atoms with van der Waals surface area (Å²) in [5, 5.41) is 0. The molecule has 2 heterocycles. The molecule has 25 heavy (non-hydrogen) atoms. The van der Waals surface area contributed by atoms with Crippen LogP contribution in [0.4, 0.5) is 0 Å². The van der Waals surface area contributed by atoms with Gasteiger partial charge in [0.1, 0.15) is 0 Å². The van der Waals surface area contributed by atoms with E-state index < -0.39 is 0 Å². The van der Waals surface area contributed by atoms with Gasteiger partial charge in [0.2, 0.25) is 0 Å². The standard InChI is InChI=1S/C21H32N2O2/c1-17(2)22(3)15-19-9-10-21(16-25-19)11-13-23(14-12-21)20(24)18-7-5-4-6-8-18/h4-8,17,19H,9-16H2,1-3H3/t19-/m0/s1. The van der Waals surface area contributed by atoms with Crippen LogP contribution in [0.3, 0.4) is 0 Å². The average Bonchev–Trinajstić information content (AvgIpc) is 2.64. The smallest absolute Gasteiger partial charge is 0.253 e. The molecule has 1 spiro atoms. The molecule has 138 valence electrons. The van der Waals surface area contributed by atoms with Crippen LogP contribution >= 0.6 is 0 Å². The second-order valence-electron chi connectivity index (χ2n) is 8.16. The molecule has 2 fully saturated rings. The number of rotatable bonds is 4. The Morgan fingerprint density at radius 1 is 1.24 bits per heavy atom. The second kappa shape index (κ2) is 7.88. The summed E-state index contributed by atoms with van der Waals surface area (Å²) in [4.78, 5) is 17.0. The van der Waals surface area contributed by atoms with Crippen LogP contribution in [0.5, 0.6) is 0 Å². The molecule has 1 atom stereocenters. The van der Waals surface area contributed by atoms with Gasteiger partial charge in [-0.3, -0.25) is 4.79 Å². The minimum Gasteiger partial charge on any atom is -0.376 e. The molecule has 4 nitrogen and oxygen atoms in total. The molecule has 0 aliphatic carbocycles. The Balaban J connectivity index is 1.49. The van der Waals surface area contributed by atoms with E-state index in [0.29, 0.717) is 17.6 Å². The molecule has 0 aromatic heterocycles. The molecule has 1 amide bonds. The minimum atomic E-state index is 0.170. The predicted molar refractivity (Wildman–Crippen MR) is 101 cm³/mol. The second-order valence-corrected chi connectivity index (χ2v) is 8.16. The van der Waals surface area contributed by atoms with Gasteiger partial charge < -0.3 is 14.5 Å². The van der Waals surface area contributed by atoms with E-state index in [9.17, 15) is 4.79 Å². The molecule has 1 aromatic carbocycles. The number of carbonyl (C=O) groups is 1. The van der Waals surface area contributed by atoms with Crippen LogP contribution in [0, 0.1) is 5.41 Å². The average molecular weight is 344 g/mol. The number of piperidine rings is 1. The largest absolute Gasteiger partial charge is 0.376 e. The van der Waals surface area contributed by atoms with E-state index in [1.165, 1.54) is 6.42 Å². The summed E-state index contributed by atoms with van der Waals surface area (Å²) in [5.41, 5.74) is 1.09. The summed E-state index contributed by atoms with van der Waals surface area (Å²) in [6.07, 6.45) is 4.87. The summed E-state index contributed by atoms with van der Waals surface area (Å²) in [5.74, 6) is 0.170. The Morgan fingerprint density at radius 3 is 2.48 bits per heavy atom. The van der Waals surface area contributed by atoms with Gasteiger partial charge in [-0.1, -0.05) is 18.2 Å². The lowest BCUT2D eigenvalue weighted by Crippen LogP contribution is -2.49. The van der Waals surface area contributed by atoms with Gasteiger partial charge in [-0.15, -0.1) is 0 Å². The first-order valence-corrected chi connectivity index (χ1v) is 9.65. The maximum absolute atomic E-state index is 12.6. The van der Waals surface area contributed by atoms with Gasteiger partial charge in [0.15, 0.2) is 0 Å². The van der Waals surface area contributed by atoms with E-state index >= 15 is 0 Å². The molecule has 0 radical (unpaired) electrons. The van der Waals surface area contributed by atoms with Crippen LogP contribution < -0.4 is 0 Å². The first-order chi connectivity index (χ1) is 12.0. The zero-order chi connectivity index (χ0) is 17.9. The number of likely N-dealkylation sites (N-methyl/N-ethyl adjacent to an activating group) is 1. The van der Waals surface area contributed by atoms with Crippen LogP contribution in [0.1, 0.15) is 49.9 Å². The number of amides is 1. The van der Waals surface area contributed by atoms with Crippen molar-refractivity contribution >= 4 is 5.91 Å². The Bertz CT molecular complexity index is 555. The number of benzene rings is 1. The summed E-state index contributed by atoms with van der Waals surface area (Å²) in [7, 11) is 2.17. The Hall–Kier alpha value is -1.39. The molecule has 0 N–H and O–H groups in total. The van der Waals surface area contributed by atoms with Crippen molar-refractivity contribution in [3.05, 3.63) is 35.9 Å². The van der Waals surface area contributed by atoms with Crippen molar-refractivity contribution in [1.29, 1.82) is 0 Å². The van der Waals surface area contributed by atoms with Gasteiger partial charge in [0.05, 0.1) is 12.7 Å². The van der Waals surface area contributed by atoms with Crippen LogP contribution in [-0.4, -0.2) is 61.1 Å². The Kier molecular flexibility index (Phi) is 5.80. The Labute approximate surface area is 152 Å². The predicted octanol–water partition coefficient (Wildman–Crippen LogP) is 3.43. The molecule has 2 saturated heterocycles. The normalized spacial score (nSPS) is 23.4. The topological polar surface area (TPSA) is 32.8 Å². The molecule has 0 unspecified atom stereocenters. The van der Waals surface area contributed by atoms with Crippen molar-refractivity contribution in [2.75, 3.05) is 33.3 Å². The van der Waals surface area contributed by atoms with Crippen molar-refractivity contribution in [3.63, 3.8) is 0 Å². The van der Waals surface area contributed by atoms with Gasteiger partial charge in [0, 0.05) is 31.2 Å². The van der Waals surface area contributed by atoms with Crippen molar-refractivity contribution in [3.8, 4) is 0 Å². The number of nitrogens with zero attached hydrogens (tertiary/aromatic N) is 2. The lowest BCUT2D eigenvalue weighted by molar-refractivity contribution is -0.0915. The third-order valence-corrected chi connectivity index (χ3v) is 6.13. The van der Waals surface area contributed by atoms with Crippen molar-refractivity contribution in [2.45, 2.75) is 51.7 Å². The van der Waals surface area contributed by atoms with Crippen LogP contribution in [0.15, 0.2) is 30.3 Å². The number of ether oxygens (including phenoxy) is 1. The number of likely N-dealkylation sites (tertiary alicyclic amines) is 1. The zero-order valence-corrected chi connectivity index (χ0v) is 15.9. The summed E-state index contributed by atoms with van der Waals surface area (Å²) in [6, 6.07) is 10.2. The van der Waals surface area contributed by atoms with Crippen molar-refractivity contribution in [1.82, 2.24) is 9.80 Å². The van der Waals surface area contributed by atoms with E-state index in [-0.39, 0.29) is 5.91 Å². The third-order valence-electron chi connectivity index (χ3n) is 6.13. The molecule has 1 aromatic rings. The van der Waals surface area contributed by atoms with Crippen molar-refractivity contribution < 1.29 is 9.53 Å². The quantitative estimate of drug-likeness (QED) is 0.839. The lowest BCUT2D eigenvalue weighted by Gasteiger charge is -2.46. The molecular formula is C21H32N2O2. The van der Waals surface area contributed by atoms with E-state index in [4.69, 9.17) is 4.74 Å². The monoisotopic (exact) mass is 344 g/mol. The number of hydrogen-bond acceptors (Lipinski definition) is 3. The summed E-state index contributed by atoms with van der Waals surface area (Å²) >= 11 is 0. The molecule has 3 rings (SSSR count). The summed E-state index contributed by atoms with van der Waals surface area (Å²) < 4.78 is 6.23. The van der Waals surface area contributed by atoms with E-state index in [0.717, 1.165) is 51.1 Å². The fourth-order valence-electron chi connectivity index (χ4n) is 3.94. The van der Waals surface area contributed by atoms with Gasteiger partial charge in [-0.05, 0) is 64.1 Å². The number of carbonyl (C=O) groups excluding carboxylic acids is 1. The fraction of sp³-hybridized carbons (Fsp3) is 0.667. The highest BCUT2D eigenvalue weighted by Crippen LogP contribution is 2.40. The van der Waals surface area contributed by atoms with Crippen LogP contribution in [-0.2, 0) is 4.74 Å². The molecular weight excluding hydrogens is 312 g/mol. The van der Waals surface area contributed by atoms with Crippen LogP contribution in [0.2, 0.25) is 0 Å². The van der Waals surface area contributed by atoms with Crippen molar-refractivity contribution in [2.24, 2.45) is 5.41 Å². The van der Waals surface area contributed by atoms with Gasteiger partial charge in [0.25, 0.3) is 5.91 Å². The first kappa shape index (κ1) is 18.4. The first-order valence-electron chi connectivity index (χ1n) is 9.65. The minimum absolute atomic E-state index is 0.170. The summed E-state index contributed by atoms with van der Waals surface area (Å²) in [6.45, 7) is 8.04. The maximum Gasteiger partial charge on any atom is 0.253 e. The fourth-order valence-corrected chi connectivity index (χ4v) is 3.94. The van der Waals surface area contributed by atoms with E-state index in [1.54, 1.807) is 0 Å². The van der Waals surface area contributed by atoms with Gasteiger partial charge in [-0.25, -0.2) is 0 Å². The molecule has 0 bridgehead atoms. The highest BCUT2D eigenvalue weighted by atomic mass is 16.5. The van der Waals surface area contributed by atoms with Gasteiger partial charge in [-0.2, -0.15) is 0 Å². The highest BCUT2D eigenvalue weighted by molar-refractivity contribution is 5.94. The number of hydrogen-bond donors (Lipinski definition) is 0. The van der Waals surface area contributed by atoms with Crippen LogP contribution in [0.25, 0.3) is 0 Å². The molecule has 2 aliphatic heterocycles. The molecule has 2 aliphatic rings. The molecule has 0 saturated carbocycles. The maximum atomic E-state index is 12.6. The molecule has 4 heteroatoms. The third kappa shape index (κ3) is 4.42. The van der Waals surface area contributed by atoms with E-state index in [1.807, 2.05) is 35.2 Å². The van der Waals surface area contributed by atoms with Gasteiger partial charge >= 0.3 is 0 Å². The SMILES string of the molecule is CC(C)N(C)C[C@@H]1CCC2(CCN(C(=O)c3ccccc3)CC2)CO1. The lowest BCUT2D eigenvalue weighted by atomic mass is 9.73.